The quantitative estimate of drug-likeness (QED) is 0.801. The molecule has 1 aliphatic heterocycles. The first-order valence-electron chi connectivity index (χ1n) is 5.19. The predicted octanol–water partition coefficient (Wildman–Crippen LogP) is 1.58. The highest BCUT2D eigenvalue weighted by Crippen LogP contribution is 2.39. The molecule has 86 valence electrons. The molecular weight excluding hydrogens is 236 g/mol. The Morgan fingerprint density at radius 3 is 3.18 bits per heavy atom. The fourth-order valence-electron chi connectivity index (χ4n) is 1.83. The summed E-state index contributed by atoms with van der Waals surface area (Å²) in [6, 6.07) is 3.91. The predicted molar refractivity (Wildman–Crippen MR) is 65.8 cm³/mol. The van der Waals surface area contributed by atoms with Gasteiger partial charge in [0.25, 0.3) is 0 Å². The number of nitrogens with one attached hydrogen (secondary N) is 2. The molecule has 1 atom stereocenters. The molecule has 0 radical (unpaired) electrons. The molecule has 6 heteroatoms. The molecule has 3 rings (SSSR count). The minimum Gasteiger partial charge on any atom is -0.310 e. The lowest BCUT2D eigenvalue weighted by Crippen LogP contribution is -2.12. The third-order valence-electron chi connectivity index (χ3n) is 2.58. The molecule has 0 fully saturated rings. The van der Waals surface area contributed by atoms with Gasteiger partial charge in [-0.3, -0.25) is 14.9 Å². The summed E-state index contributed by atoms with van der Waals surface area (Å²) in [6.45, 7) is 0. The first kappa shape index (κ1) is 10.3. The first-order chi connectivity index (χ1) is 8.34. The molecule has 5 nitrogen and oxygen atoms in total. The summed E-state index contributed by atoms with van der Waals surface area (Å²) in [4.78, 5) is 15.6. The Balaban J connectivity index is 2.04. The molecule has 2 N–H and O–H groups in total. The molecule has 0 saturated carbocycles. The highest BCUT2D eigenvalue weighted by molar-refractivity contribution is 8.00. The van der Waals surface area contributed by atoms with Crippen LogP contribution in [0, 0.1) is 0 Å². The standard InChI is InChI=1S/C11H10N4OS/c16-9-6-17-10(7-2-1-3-12-4-7)8-5-13-15-11(8)14-9/h1-5,10H,6H2,(H2,13,14,15,16)/t10-/m0/s1. The zero-order valence-corrected chi connectivity index (χ0v) is 9.70. The zero-order valence-electron chi connectivity index (χ0n) is 8.88. The van der Waals surface area contributed by atoms with Gasteiger partial charge in [-0.15, -0.1) is 11.8 Å². The van der Waals surface area contributed by atoms with Crippen LogP contribution >= 0.6 is 11.8 Å². The number of rotatable bonds is 1. The molecule has 2 aromatic rings. The Morgan fingerprint density at radius 2 is 2.35 bits per heavy atom. The first-order valence-corrected chi connectivity index (χ1v) is 6.24. The van der Waals surface area contributed by atoms with Gasteiger partial charge in [0.15, 0.2) is 0 Å². The molecule has 0 unspecified atom stereocenters. The van der Waals surface area contributed by atoms with Crippen LogP contribution in [0.3, 0.4) is 0 Å². The van der Waals surface area contributed by atoms with Crippen LogP contribution in [0.2, 0.25) is 0 Å². The second kappa shape index (κ2) is 4.21. The molecule has 3 heterocycles. The van der Waals surface area contributed by atoms with Gasteiger partial charge in [-0.2, -0.15) is 5.10 Å². The van der Waals surface area contributed by atoms with Crippen LogP contribution in [0.4, 0.5) is 5.82 Å². The van der Waals surface area contributed by atoms with Gasteiger partial charge >= 0.3 is 0 Å². The number of aromatic amines is 1. The van der Waals surface area contributed by atoms with Crippen molar-refractivity contribution in [3.8, 4) is 0 Å². The summed E-state index contributed by atoms with van der Waals surface area (Å²) in [6.07, 6.45) is 5.32. The number of anilines is 1. The van der Waals surface area contributed by atoms with E-state index in [4.69, 9.17) is 0 Å². The maximum absolute atomic E-state index is 11.5. The topological polar surface area (TPSA) is 70.7 Å². The molecule has 17 heavy (non-hydrogen) atoms. The average molecular weight is 246 g/mol. The molecule has 1 amide bonds. The van der Waals surface area contributed by atoms with Crippen molar-refractivity contribution in [2.45, 2.75) is 5.25 Å². The fourth-order valence-corrected chi connectivity index (χ4v) is 2.91. The van der Waals surface area contributed by atoms with Crippen LogP contribution in [0.5, 0.6) is 0 Å². The van der Waals surface area contributed by atoms with Crippen molar-refractivity contribution in [1.82, 2.24) is 15.2 Å². The molecule has 0 spiro atoms. The molecule has 0 aliphatic carbocycles. The highest BCUT2D eigenvalue weighted by Gasteiger charge is 2.25. The maximum atomic E-state index is 11.5. The molecule has 2 aromatic heterocycles. The Kier molecular flexibility index (Phi) is 2.56. The molecule has 0 bridgehead atoms. The van der Waals surface area contributed by atoms with E-state index in [1.807, 2.05) is 18.3 Å². The number of pyridine rings is 1. The number of nitrogens with zero attached hydrogens (tertiary/aromatic N) is 2. The molecule has 0 saturated heterocycles. The minimum atomic E-state index is -0.00751. The van der Waals surface area contributed by atoms with Gasteiger partial charge in [0.1, 0.15) is 5.82 Å². The van der Waals surface area contributed by atoms with E-state index in [1.54, 1.807) is 24.2 Å². The lowest BCUT2D eigenvalue weighted by molar-refractivity contribution is -0.113. The Labute approximate surface area is 102 Å². The number of H-pyrrole nitrogens is 1. The van der Waals surface area contributed by atoms with E-state index in [2.05, 4.69) is 20.5 Å². The van der Waals surface area contributed by atoms with Crippen molar-refractivity contribution >= 4 is 23.5 Å². The number of carbonyl (C=O) groups excluding carboxylic acids is 1. The van der Waals surface area contributed by atoms with Crippen molar-refractivity contribution < 1.29 is 4.79 Å². The monoisotopic (exact) mass is 246 g/mol. The summed E-state index contributed by atoms with van der Waals surface area (Å²) >= 11 is 1.58. The number of amides is 1. The van der Waals surface area contributed by atoms with Crippen molar-refractivity contribution in [2.24, 2.45) is 0 Å². The van der Waals surface area contributed by atoms with Crippen LogP contribution in [0.15, 0.2) is 30.7 Å². The normalized spacial score (nSPS) is 19.3. The molecule has 0 aromatic carbocycles. The van der Waals surface area contributed by atoms with E-state index in [-0.39, 0.29) is 11.2 Å². The maximum Gasteiger partial charge on any atom is 0.235 e. The summed E-state index contributed by atoms with van der Waals surface area (Å²) in [5.74, 6) is 1.11. The molecule has 1 aliphatic rings. The van der Waals surface area contributed by atoms with Crippen LogP contribution in [0.25, 0.3) is 0 Å². The van der Waals surface area contributed by atoms with Gasteiger partial charge in [-0.05, 0) is 11.6 Å². The van der Waals surface area contributed by atoms with Crippen molar-refractivity contribution in [2.75, 3.05) is 11.1 Å². The van der Waals surface area contributed by atoms with Gasteiger partial charge in [-0.1, -0.05) is 6.07 Å². The third kappa shape index (κ3) is 1.91. The van der Waals surface area contributed by atoms with E-state index in [0.29, 0.717) is 11.6 Å². The lowest BCUT2D eigenvalue weighted by atomic mass is 10.1. The van der Waals surface area contributed by atoms with Gasteiger partial charge in [0.2, 0.25) is 5.91 Å². The highest BCUT2D eigenvalue weighted by atomic mass is 32.2. The lowest BCUT2D eigenvalue weighted by Gasteiger charge is -2.12. The Bertz CT molecular complexity index is 539. The second-order valence-corrected chi connectivity index (χ2v) is 4.82. The average Bonchev–Trinajstić information content (AvgIpc) is 2.73. The smallest absolute Gasteiger partial charge is 0.235 e. The van der Waals surface area contributed by atoms with Gasteiger partial charge in [0.05, 0.1) is 17.2 Å². The number of fused-ring (bicyclic) bond motifs is 1. The van der Waals surface area contributed by atoms with E-state index in [1.165, 1.54) is 0 Å². The number of aromatic nitrogens is 3. The van der Waals surface area contributed by atoms with Crippen molar-refractivity contribution in [3.63, 3.8) is 0 Å². The second-order valence-electron chi connectivity index (χ2n) is 3.73. The number of hydrogen-bond donors (Lipinski definition) is 2. The Hall–Kier alpha value is -1.82. The Morgan fingerprint density at radius 1 is 1.41 bits per heavy atom. The minimum absolute atomic E-state index is 0.00751. The fraction of sp³-hybridized carbons (Fsp3) is 0.182. The van der Waals surface area contributed by atoms with Crippen LogP contribution < -0.4 is 5.32 Å². The van der Waals surface area contributed by atoms with Crippen LogP contribution in [-0.2, 0) is 4.79 Å². The van der Waals surface area contributed by atoms with Crippen molar-refractivity contribution in [1.29, 1.82) is 0 Å². The number of hydrogen-bond acceptors (Lipinski definition) is 4. The number of thioether (sulfide) groups is 1. The van der Waals surface area contributed by atoms with Crippen molar-refractivity contribution in [3.05, 3.63) is 41.9 Å². The summed E-state index contributed by atoms with van der Waals surface area (Å²) < 4.78 is 0. The summed E-state index contributed by atoms with van der Waals surface area (Å²) in [5, 5.41) is 9.69. The van der Waals surface area contributed by atoms with Gasteiger partial charge < -0.3 is 5.32 Å². The summed E-state index contributed by atoms with van der Waals surface area (Å²) in [5.41, 5.74) is 2.07. The van der Waals surface area contributed by atoms with Crippen LogP contribution in [-0.4, -0.2) is 26.8 Å². The largest absolute Gasteiger partial charge is 0.310 e. The third-order valence-corrected chi connectivity index (χ3v) is 3.87. The SMILES string of the molecule is O=C1CS[C@@H](c2cccnc2)c2cn[nH]c2N1. The van der Waals surface area contributed by atoms with E-state index in [0.717, 1.165) is 11.1 Å². The summed E-state index contributed by atoms with van der Waals surface area (Å²) in [7, 11) is 0. The van der Waals surface area contributed by atoms with E-state index in [9.17, 15) is 4.79 Å². The molecular formula is C11H10N4OS. The van der Waals surface area contributed by atoms with Crippen LogP contribution in [0.1, 0.15) is 16.4 Å². The van der Waals surface area contributed by atoms with E-state index < -0.39 is 0 Å². The van der Waals surface area contributed by atoms with E-state index >= 15 is 0 Å². The van der Waals surface area contributed by atoms with Gasteiger partial charge in [0, 0.05) is 18.0 Å². The zero-order chi connectivity index (χ0) is 11.7. The van der Waals surface area contributed by atoms with Gasteiger partial charge in [-0.25, -0.2) is 0 Å². The number of carbonyl (C=O) groups is 1.